The Labute approximate surface area is 89.2 Å². The van der Waals surface area contributed by atoms with Crippen LogP contribution in [0.25, 0.3) is 0 Å². The lowest BCUT2D eigenvalue weighted by Gasteiger charge is -2.40. The van der Waals surface area contributed by atoms with Crippen LogP contribution in [-0.4, -0.2) is 20.2 Å². The fourth-order valence-electron chi connectivity index (χ4n) is 1.75. The van der Waals surface area contributed by atoms with Crippen molar-refractivity contribution in [1.82, 2.24) is 5.32 Å². The minimum absolute atomic E-state index is 0.246. The van der Waals surface area contributed by atoms with Crippen LogP contribution >= 0.6 is 11.6 Å². The molecule has 1 heterocycles. The first-order valence-corrected chi connectivity index (χ1v) is 5.08. The summed E-state index contributed by atoms with van der Waals surface area (Å²) in [6, 6.07) is 6.02. The first-order chi connectivity index (χ1) is 6.65. The molecule has 3 heteroatoms. The van der Waals surface area contributed by atoms with Crippen LogP contribution in [0.4, 0.5) is 0 Å². The van der Waals surface area contributed by atoms with Crippen LogP contribution in [0.3, 0.4) is 0 Å². The van der Waals surface area contributed by atoms with Crippen molar-refractivity contribution in [2.75, 3.05) is 20.2 Å². The number of halogens is 1. The Hall–Kier alpha value is -0.730. The molecule has 2 nitrogen and oxygen atoms in total. The Bertz CT molecular complexity index is 347. The minimum Gasteiger partial charge on any atom is -0.495 e. The lowest BCUT2D eigenvalue weighted by molar-refractivity contribution is 0.305. The van der Waals surface area contributed by atoms with Gasteiger partial charge in [0.05, 0.1) is 12.1 Å². The zero-order chi connectivity index (χ0) is 10.2. The molecule has 0 unspecified atom stereocenters. The van der Waals surface area contributed by atoms with Crippen LogP contribution in [0, 0.1) is 0 Å². The van der Waals surface area contributed by atoms with E-state index in [4.69, 9.17) is 16.3 Å². The molecule has 76 valence electrons. The van der Waals surface area contributed by atoms with Crippen molar-refractivity contribution in [2.24, 2.45) is 0 Å². The fraction of sp³-hybridized carbons (Fsp3) is 0.455. The number of hydrogen-bond donors (Lipinski definition) is 1. The van der Waals surface area contributed by atoms with Gasteiger partial charge in [-0.2, -0.15) is 0 Å². The van der Waals surface area contributed by atoms with Gasteiger partial charge in [-0.1, -0.05) is 24.6 Å². The third kappa shape index (κ3) is 1.49. The SMILES string of the molecule is COc1ccc(C2(C)CNC2)cc1Cl. The molecule has 1 aromatic carbocycles. The zero-order valence-corrected chi connectivity index (χ0v) is 9.19. The maximum absolute atomic E-state index is 6.07. The Morgan fingerprint density at radius 3 is 2.57 bits per heavy atom. The molecule has 1 aromatic rings. The summed E-state index contributed by atoms with van der Waals surface area (Å²) in [6.07, 6.45) is 0. The summed E-state index contributed by atoms with van der Waals surface area (Å²) in [7, 11) is 1.63. The molecule has 0 spiro atoms. The molecular formula is C11H14ClNO. The fourth-order valence-corrected chi connectivity index (χ4v) is 2.00. The molecule has 14 heavy (non-hydrogen) atoms. The molecule has 1 saturated heterocycles. The molecule has 0 aliphatic carbocycles. The van der Waals surface area contributed by atoms with Crippen molar-refractivity contribution in [3.8, 4) is 5.75 Å². The van der Waals surface area contributed by atoms with E-state index in [-0.39, 0.29) is 5.41 Å². The van der Waals surface area contributed by atoms with Crippen molar-refractivity contribution in [3.63, 3.8) is 0 Å². The number of benzene rings is 1. The highest BCUT2D eigenvalue weighted by molar-refractivity contribution is 6.32. The molecule has 1 N–H and O–H groups in total. The van der Waals surface area contributed by atoms with Crippen molar-refractivity contribution in [2.45, 2.75) is 12.3 Å². The molecule has 0 saturated carbocycles. The number of nitrogens with one attached hydrogen (secondary N) is 1. The highest BCUT2D eigenvalue weighted by Crippen LogP contribution is 2.33. The predicted octanol–water partition coefficient (Wildman–Crippen LogP) is 2.21. The summed E-state index contributed by atoms with van der Waals surface area (Å²) in [5.41, 5.74) is 1.53. The number of hydrogen-bond acceptors (Lipinski definition) is 2. The molecule has 0 atom stereocenters. The molecule has 1 fully saturated rings. The van der Waals surface area contributed by atoms with Gasteiger partial charge in [0.15, 0.2) is 0 Å². The number of methoxy groups -OCH3 is 1. The van der Waals surface area contributed by atoms with Crippen molar-refractivity contribution < 1.29 is 4.74 Å². The Balaban J connectivity index is 2.32. The standard InChI is InChI=1S/C11H14ClNO/c1-11(6-13-7-11)8-3-4-10(14-2)9(12)5-8/h3-5,13H,6-7H2,1-2H3. The predicted molar refractivity (Wildman–Crippen MR) is 58.2 cm³/mol. The van der Waals surface area contributed by atoms with Crippen molar-refractivity contribution in [3.05, 3.63) is 28.8 Å². The Morgan fingerprint density at radius 1 is 1.43 bits per heavy atom. The van der Waals surface area contributed by atoms with Crippen molar-refractivity contribution >= 4 is 11.6 Å². The highest BCUT2D eigenvalue weighted by Gasteiger charge is 2.33. The maximum atomic E-state index is 6.07. The van der Waals surface area contributed by atoms with E-state index in [0.717, 1.165) is 18.8 Å². The molecular weight excluding hydrogens is 198 g/mol. The summed E-state index contributed by atoms with van der Waals surface area (Å²) < 4.78 is 5.12. The summed E-state index contributed by atoms with van der Waals surface area (Å²) in [5.74, 6) is 0.742. The minimum atomic E-state index is 0.246. The number of rotatable bonds is 2. The summed E-state index contributed by atoms with van der Waals surface area (Å²) in [5, 5.41) is 3.97. The maximum Gasteiger partial charge on any atom is 0.137 e. The molecule has 0 amide bonds. The second-order valence-electron chi connectivity index (χ2n) is 4.01. The van der Waals surface area contributed by atoms with E-state index in [2.05, 4.69) is 18.3 Å². The molecule has 0 aromatic heterocycles. The van der Waals surface area contributed by atoms with Gasteiger partial charge in [-0.25, -0.2) is 0 Å². The van der Waals surface area contributed by atoms with E-state index in [1.54, 1.807) is 7.11 Å². The van der Waals surface area contributed by atoms with E-state index >= 15 is 0 Å². The van der Waals surface area contributed by atoms with Gasteiger partial charge in [-0.3, -0.25) is 0 Å². The van der Waals surface area contributed by atoms with E-state index < -0.39 is 0 Å². The Morgan fingerprint density at radius 2 is 2.14 bits per heavy atom. The van der Waals surface area contributed by atoms with Gasteiger partial charge in [-0.05, 0) is 17.7 Å². The van der Waals surface area contributed by atoms with Gasteiger partial charge in [-0.15, -0.1) is 0 Å². The molecule has 0 bridgehead atoms. The van der Waals surface area contributed by atoms with Crippen LogP contribution in [0.1, 0.15) is 12.5 Å². The van der Waals surface area contributed by atoms with Gasteiger partial charge in [0, 0.05) is 18.5 Å². The van der Waals surface area contributed by atoms with Crippen LogP contribution < -0.4 is 10.1 Å². The average Bonchev–Trinajstić information content (AvgIpc) is 2.14. The monoisotopic (exact) mass is 211 g/mol. The lowest BCUT2D eigenvalue weighted by atomic mass is 9.77. The van der Waals surface area contributed by atoms with E-state index in [9.17, 15) is 0 Å². The lowest BCUT2D eigenvalue weighted by Crippen LogP contribution is -2.54. The van der Waals surface area contributed by atoms with Gasteiger partial charge in [0.25, 0.3) is 0 Å². The third-order valence-electron chi connectivity index (χ3n) is 2.88. The first-order valence-electron chi connectivity index (χ1n) is 4.70. The largest absolute Gasteiger partial charge is 0.495 e. The van der Waals surface area contributed by atoms with Crippen LogP contribution in [0.15, 0.2) is 18.2 Å². The van der Waals surface area contributed by atoms with E-state index in [1.165, 1.54) is 5.56 Å². The first kappa shape index (κ1) is 9.81. The van der Waals surface area contributed by atoms with Crippen LogP contribution in [0.5, 0.6) is 5.75 Å². The Kier molecular flexibility index (Phi) is 2.41. The topological polar surface area (TPSA) is 21.3 Å². The van der Waals surface area contributed by atoms with Gasteiger partial charge in [0.2, 0.25) is 0 Å². The van der Waals surface area contributed by atoms with Crippen LogP contribution in [0.2, 0.25) is 5.02 Å². The van der Waals surface area contributed by atoms with E-state index in [0.29, 0.717) is 5.02 Å². The molecule has 2 rings (SSSR count). The second-order valence-corrected chi connectivity index (χ2v) is 4.42. The highest BCUT2D eigenvalue weighted by atomic mass is 35.5. The quantitative estimate of drug-likeness (QED) is 0.810. The molecule has 1 aliphatic rings. The second kappa shape index (κ2) is 3.44. The molecule has 0 radical (unpaired) electrons. The third-order valence-corrected chi connectivity index (χ3v) is 3.17. The summed E-state index contributed by atoms with van der Waals surface area (Å²) in [4.78, 5) is 0. The summed E-state index contributed by atoms with van der Waals surface area (Å²) >= 11 is 6.07. The summed E-state index contributed by atoms with van der Waals surface area (Å²) in [6.45, 7) is 4.28. The van der Waals surface area contributed by atoms with Gasteiger partial charge < -0.3 is 10.1 Å². The smallest absolute Gasteiger partial charge is 0.137 e. The average molecular weight is 212 g/mol. The van der Waals surface area contributed by atoms with Gasteiger partial charge >= 0.3 is 0 Å². The molecule has 1 aliphatic heterocycles. The normalized spacial score (nSPS) is 18.8. The number of ether oxygens (including phenoxy) is 1. The van der Waals surface area contributed by atoms with Crippen LogP contribution in [-0.2, 0) is 5.41 Å². The van der Waals surface area contributed by atoms with Gasteiger partial charge in [0.1, 0.15) is 5.75 Å². The van der Waals surface area contributed by atoms with E-state index in [1.807, 2.05) is 12.1 Å². The zero-order valence-electron chi connectivity index (χ0n) is 8.43. The van der Waals surface area contributed by atoms with Crippen molar-refractivity contribution in [1.29, 1.82) is 0 Å².